The Morgan fingerprint density at radius 1 is 1.35 bits per heavy atom. The van der Waals surface area contributed by atoms with Gasteiger partial charge in [0.2, 0.25) is 5.91 Å². The first-order chi connectivity index (χ1) is 9.40. The van der Waals surface area contributed by atoms with Gasteiger partial charge in [0.05, 0.1) is 0 Å². The molecule has 0 aromatic rings. The van der Waals surface area contributed by atoms with Gasteiger partial charge >= 0.3 is 5.97 Å². The molecule has 1 heterocycles. The van der Waals surface area contributed by atoms with E-state index in [2.05, 4.69) is 0 Å². The summed E-state index contributed by atoms with van der Waals surface area (Å²) in [6.07, 6.45) is 4.77. The Kier molecular flexibility index (Phi) is 6.99. The molecular formula is C15H28N2O3. The maximum Gasteiger partial charge on any atom is 0.303 e. The molecule has 1 aliphatic heterocycles. The number of aliphatic carboxylic acids is 1. The van der Waals surface area contributed by atoms with E-state index >= 15 is 0 Å². The predicted octanol–water partition coefficient (Wildman–Crippen LogP) is 1.85. The lowest BCUT2D eigenvalue weighted by Gasteiger charge is -2.34. The summed E-state index contributed by atoms with van der Waals surface area (Å²) in [4.78, 5) is 25.0. The lowest BCUT2D eigenvalue weighted by atomic mass is 9.93. The van der Waals surface area contributed by atoms with Crippen molar-refractivity contribution in [1.29, 1.82) is 0 Å². The number of carbonyl (C=O) groups is 2. The van der Waals surface area contributed by atoms with Gasteiger partial charge in [-0.05, 0) is 38.5 Å². The van der Waals surface area contributed by atoms with Gasteiger partial charge in [-0.15, -0.1) is 0 Å². The van der Waals surface area contributed by atoms with E-state index in [4.69, 9.17) is 10.8 Å². The third kappa shape index (κ3) is 5.90. The minimum atomic E-state index is -0.769. The largest absolute Gasteiger partial charge is 0.481 e. The van der Waals surface area contributed by atoms with Gasteiger partial charge in [0, 0.05) is 31.5 Å². The van der Waals surface area contributed by atoms with Crippen LogP contribution in [0.5, 0.6) is 0 Å². The molecule has 0 saturated carbocycles. The van der Waals surface area contributed by atoms with Crippen molar-refractivity contribution in [2.75, 3.05) is 13.1 Å². The first-order valence-electron chi connectivity index (χ1n) is 7.66. The highest BCUT2D eigenvalue weighted by molar-refractivity contribution is 5.78. The van der Waals surface area contributed by atoms with Crippen molar-refractivity contribution < 1.29 is 14.7 Å². The van der Waals surface area contributed by atoms with Crippen molar-refractivity contribution in [3.05, 3.63) is 0 Å². The summed E-state index contributed by atoms with van der Waals surface area (Å²) in [7, 11) is 0. The van der Waals surface area contributed by atoms with Gasteiger partial charge in [0.1, 0.15) is 0 Å². The average molecular weight is 284 g/mol. The number of hydrogen-bond acceptors (Lipinski definition) is 3. The molecule has 1 rings (SSSR count). The molecule has 0 spiro atoms. The summed E-state index contributed by atoms with van der Waals surface area (Å²) in [5.41, 5.74) is 5.71. The summed E-state index contributed by atoms with van der Waals surface area (Å²) in [6.45, 7) is 5.31. The number of hydrogen-bond donors (Lipinski definition) is 2. The van der Waals surface area contributed by atoms with E-state index in [9.17, 15) is 9.59 Å². The second kappa shape index (κ2) is 8.25. The topological polar surface area (TPSA) is 83.6 Å². The third-order valence-electron chi connectivity index (χ3n) is 4.01. The molecule has 0 bridgehead atoms. The number of carboxylic acids is 1. The number of rotatable bonds is 7. The van der Waals surface area contributed by atoms with Crippen molar-refractivity contribution in [2.45, 2.75) is 58.4 Å². The fraction of sp³-hybridized carbons (Fsp3) is 0.867. The van der Waals surface area contributed by atoms with Gasteiger partial charge in [-0.1, -0.05) is 13.3 Å². The van der Waals surface area contributed by atoms with E-state index in [1.54, 1.807) is 0 Å². The molecule has 3 unspecified atom stereocenters. The Hall–Kier alpha value is -1.10. The molecule has 1 aliphatic rings. The van der Waals surface area contributed by atoms with E-state index in [1.165, 1.54) is 0 Å². The molecule has 5 heteroatoms. The molecule has 0 aromatic carbocycles. The van der Waals surface area contributed by atoms with Crippen LogP contribution in [-0.4, -0.2) is 41.0 Å². The highest BCUT2D eigenvalue weighted by Gasteiger charge is 2.27. The smallest absolute Gasteiger partial charge is 0.303 e. The highest BCUT2D eigenvalue weighted by Crippen LogP contribution is 2.22. The van der Waals surface area contributed by atoms with Crippen LogP contribution in [0.25, 0.3) is 0 Å². The molecule has 1 fully saturated rings. The van der Waals surface area contributed by atoms with Crippen LogP contribution in [-0.2, 0) is 9.59 Å². The number of amides is 1. The maximum absolute atomic E-state index is 12.4. The number of carboxylic acid groups (broad SMARTS) is 1. The third-order valence-corrected chi connectivity index (χ3v) is 4.01. The van der Waals surface area contributed by atoms with Gasteiger partial charge in [-0.2, -0.15) is 0 Å². The molecule has 5 nitrogen and oxygen atoms in total. The van der Waals surface area contributed by atoms with Crippen LogP contribution in [0.15, 0.2) is 0 Å². The van der Waals surface area contributed by atoms with E-state index in [0.29, 0.717) is 6.54 Å². The van der Waals surface area contributed by atoms with Gasteiger partial charge < -0.3 is 15.7 Å². The summed E-state index contributed by atoms with van der Waals surface area (Å²) >= 11 is 0. The predicted molar refractivity (Wildman–Crippen MR) is 78.2 cm³/mol. The first-order valence-corrected chi connectivity index (χ1v) is 7.66. The van der Waals surface area contributed by atoms with Crippen LogP contribution >= 0.6 is 0 Å². The SMILES string of the molecule is CC(N)CCCC(C)C(=O)N1CCCC(CC(=O)O)C1. The monoisotopic (exact) mass is 284 g/mol. The van der Waals surface area contributed by atoms with Crippen LogP contribution in [0.2, 0.25) is 0 Å². The molecule has 3 N–H and O–H groups in total. The van der Waals surface area contributed by atoms with Crippen molar-refractivity contribution in [2.24, 2.45) is 17.6 Å². The minimum Gasteiger partial charge on any atom is -0.481 e. The molecule has 20 heavy (non-hydrogen) atoms. The minimum absolute atomic E-state index is 0.0114. The normalized spacial score (nSPS) is 22.4. The summed E-state index contributed by atoms with van der Waals surface area (Å²) < 4.78 is 0. The van der Waals surface area contributed by atoms with E-state index in [-0.39, 0.29) is 30.2 Å². The highest BCUT2D eigenvalue weighted by atomic mass is 16.4. The molecule has 3 atom stereocenters. The zero-order chi connectivity index (χ0) is 15.1. The molecule has 1 amide bonds. The first kappa shape index (κ1) is 17.0. The quantitative estimate of drug-likeness (QED) is 0.747. The summed E-state index contributed by atoms with van der Waals surface area (Å²) in [5.74, 6) is -0.474. The zero-order valence-corrected chi connectivity index (χ0v) is 12.7. The number of nitrogens with zero attached hydrogens (tertiary/aromatic N) is 1. The van der Waals surface area contributed by atoms with Gasteiger partial charge in [0.25, 0.3) is 0 Å². The second-order valence-corrected chi connectivity index (χ2v) is 6.20. The number of likely N-dealkylation sites (tertiary alicyclic amines) is 1. The summed E-state index contributed by atoms with van der Waals surface area (Å²) in [5, 5.41) is 8.85. The lowest BCUT2D eigenvalue weighted by molar-refractivity contribution is -0.142. The van der Waals surface area contributed by atoms with Crippen LogP contribution in [0.1, 0.15) is 52.4 Å². The van der Waals surface area contributed by atoms with Crippen molar-refractivity contribution >= 4 is 11.9 Å². The Morgan fingerprint density at radius 2 is 2.05 bits per heavy atom. The number of piperidine rings is 1. The van der Waals surface area contributed by atoms with Gasteiger partial charge in [-0.3, -0.25) is 9.59 Å². The van der Waals surface area contributed by atoms with Crippen LogP contribution in [0.4, 0.5) is 0 Å². The Labute approximate surface area is 121 Å². The molecule has 0 aromatic heterocycles. The van der Waals surface area contributed by atoms with Crippen LogP contribution in [0, 0.1) is 11.8 Å². The second-order valence-electron chi connectivity index (χ2n) is 6.20. The van der Waals surface area contributed by atoms with Gasteiger partial charge in [0.15, 0.2) is 0 Å². The average Bonchev–Trinajstić information content (AvgIpc) is 2.36. The lowest BCUT2D eigenvalue weighted by Crippen LogP contribution is -2.43. The Morgan fingerprint density at radius 3 is 2.65 bits per heavy atom. The molecule has 0 aliphatic carbocycles. The van der Waals surface area contributed by atoms with Crippen molar-refractivity contribution in [3.8, 4) is 0 Å². The van der Waals surface area contributed by atoms with E-state index < -0.39 is 5.97 Å². The fourth-order valence-corrected chi connectivity index (χ4v) is 2.86. The number of carbonyl (C=O) groups excluding carboxylic acids is 1. The number of nitrogens with two attached hydrogens (primary N) is 1. The van der Waals surface area contributed by atoms with E-state index in [0.717, 1.165) is 38.6 Å². The summed E-state index contributed by atoms with van der Waals surface area (Å²) in [6, 6.07) is 0.187. The van der Waals surface area contributed by atoms with Crippen LogP contribution < -0.4 is 5.73 Å². The maximum atomic E-state index is 12.4. The Balaban J connectivity index is 2.39. The molecular weight excluding hydrogens is 256 g/mol. The Bertz CT molecular complexity index is 331. The van der Waals surface area contributed by atoms with Crippen molar-refractivity contribution in [3.63, 3.8) is 0 Å². The molecule has 0 radical (unpaired) electrons. The molecule has 116 valence electrons. The molecule has 1 saturated heterocycles. The van der Waals surface area contributed by atoms with Crippen molar-refractivity contribution in [1.82, 2.24) is 4.90 Å². The van der Waals surface area contributed by atoms with Crippen LogP contribution in [0.3, 0.4) is 0 Å². The van der Waals surface area contributed by atoms with E-state index in [1.807, 2.05) is 18.7 Å². The van der Waals surface area contributed by atoms with Gasteiger partial charge in [-0.25, -0.2) is 0 Å². The fourth-order valence-electron chi connectivity index (χ4n) is 2.86. The zero-order valence-electron chi connectivity index (χ0n) is 12.7. The standard InChI is InChI=1S/C15H28N2O3/c1-11(5-3-6-12(2)16)15(20)17-8-4-7-13(10-17)9-14(18)19/h11-13H,3-10,16H2,1-2H3,(H,18,19).